The van der Waals surface area contributed by atoms with E-state index in [0.717, 1.165) is 23.7 Å². The zero-order chi connectivity index (χ0) is 14.3. The third kappa shape index (κ3) is 1.07. The molecule has 0 N–H and O–H groups in total. The van der Waals surface area contributed by atoms with Crippen molar-refractivity contribution in [3.63, 3.8) is 0 Å². The van der Waals surface area contributed by atoms with Crippen molar-refractivity contribution < 1.29 is 0 Å². The van der Waals surface area contributed by atoms with Crippen LogP contribution in [0.3, 0.4) is 0 Å². The van der Waals surface area contributed by atoms with Gasteiger partial charge in [-0.1, -0.05) is 13.8 Å². The van der Waals surface area contributed by atoms with Crippen LogP contribution in [0, 0.1) is 82.9 Å². The molecule has 0 nitrogen and oxygen atoms in total. The lowest BCUT2D eigenvalue weighted by molar-refractivity contribution is -0.0678. The molecule has 8 fully saturated rings. The highest BCUT2D eigenvalue weighted by molar-refractivity contribution is 5.23. The zero-order valence-electron chi connectivity index (χ0n) is 14.3. The van der Waals surface area contributed by atoms with E-state index >= 15 is 0 Å². The summed E-state index contributed by atoms with van der Waals surface area (Å²) >= 11 is 0. The molecule has 8 rings (SSSR count). The largest absolute Gasteiger partial charge is 0.0619 e. The molecular formula is C22H32. The monoisotopic (exact) mass is 296 g/mol. The first-order valence-electron chi connectivity index (χ1n) is 10.8. The lowest BCUT2D eigenvalue weighted by Gasteiger charge is -2.56. The first-order chi connectivity index (χ1) is 10.8. The second-order valence-electron chi connectivity index (χ2n) is 11.0. The van der Waals surface area contributed by atoms with Gasteiger partial charge in [0, 0.05) is 0 Å². The molecule has 0 saturated heterocycles. The van der Waals surface area contributed by atoms with Gasteiger partial charge in [0.1, 0.15) is 0 Å². The molecule has 0 radical (unpaired) electrons. The van der Waals surface area contributed by atoms with Crippen molar-refractivity contribution in [1.82, 2.24) is 0 Å². The van der Waals surface area contributed by atoms with Crippen LogP contribution >= 0.6 is 0 Å². The highest BCUT2D eigenvalue weighted by atomic mass is 14.8. The summed E-state index contributed by atoms with van der Waals surface area (Å²) in [6.45, 7) is 5.44. The van der Waals surface area contributed by atoms with Crippen molar-refractivity contribution in [2.75, 3.05) is 0 Å². The Morgan fingerprint density at radius 1 is 0.455 bits per heavy atom. The van der Waals surface area contributed by atoms with Crippen molar-refractivity contribution in [3.8, 4) is 0 Å². The predicted molar refractivity (Wildman–Crippen MR) is 87.9 cm³/mol. The minimum atomic E-state index is 1.09. The summed E-state index contributed by atoms with van der Waals surface area (Å²) in [5.41, 5.74) is 0. The molecule has 14 unspecified atom stereocenters. The van der Waals surface area contributed by atoms with Crippen LogP contribution in [0.5, 0.6) is 0 Å². The fraction of sp³-hybridized carbons (Fsp3) is 1.00. The molecule has 120 valence electrons. The van der Waals surface area contributed by atoms with Crippen LogP contribution in [0.4, 0.5) is 0 Å². The molecule has 0 aromatic heterocycles. The molecular weight excluding hydrogens is 264 g/mol. The maximum Gasteiger partial charge on any atom is -0.0312 e. The molecule has 8 saturated carbocycles. The Hall–Kier alpha value is 0. The Bertz CT molecular complexity index is 536. The molecule has 0 heteroatoms. The molecule has 22 heavy (non-hydrogen) atoms. The van der Waals surface area contributed by atoms with Crippen LogP contribution in [0.15, 0.2) is 0 Å². The average Bonchev–Trinajstić information content (AvgIpc) is 2.82. The summed E-state index contributed by atoms with van der Waals surface area (Å²) in [7, 11) is 0. The van der Waals surface area contributed by atoms with Crippen LogP contribution in [-0.2, 0) is 0 Å². The Labute approximate surface area is 135 Å². The number of hydrogen-bond donors (Lipinski definition) is 0. The van der Waals surface area contributed by atoms with Crippen molar-refractivity contribution >= 4 is 0 Å². The van der Waals surface area contributed by atoms with Gasteiger partial charge in [-0.25, -0.2) is 0 Å². The third-order valence-corrected chi connectivity index (χ3v) is 11.3. The summed E-state index contributed by atoms with van der Waals surface area (Å²) in [4.78, 5) is 0. The van der Waals surface area contributed by atoms with Crippen molar-refractivity contribution in [3.05, 3.63) is 0 Å². The van der Waals surface area contributed by atoms with Gasteiger partial charge >= 0.3 is 0 Å². The standard InChI is InChI=1S/C22H32/c1-9-13-5-6-14-20-16-8-12-4-3-11(12)7-15(16)17(13)10(2)19-21(14)18(9)22(19)20/h9-22H,3-8H2,1-2H3. The van der Waals surface area contributed by atoms with E-state index in [2.05, 4.69) is 13.8 Å². The second-order valence-corrected chi connectivity index (χ2v) is 11.0. The lowest BCUT2D eigenvalue weighted by Crippen LogP contribution is -2.48. The Morgan fingerprint density at radius 3 is 1.82 bits per heavy atom. The van der Waals surface area contributed by atoms with Gasteiger partial charge in [0.15, 0.2) is 0 Å². The van der Waals surface area contributed by atoms with E-state index < -0.39 is 0 Å². The van der Waals surface area contributed by atoms with Gasteiger partial charge in [-0.3, -0.25) is 0 Å². The molecule has 0 amide bonds. The van der Waals surface area contributed by atoms with Crippen molar-refractivity contribution in [2.45, 2.75) is 52.4 Å². The smallest absolute Gasteiger partial charge is 0.0312 e. The Kier molecular flexibility index (Phi) is 2.05. The van der Waals surface area contributed by atoms with E-state index in [9.17, 15) is 0 Å². The molecule has 0 aliphatic heterocycles. The van der Waals surface area contributed by atoms with Crippen LogP contribution in [0.25, 0.3) is 0 Å². The summed E-state index contributed by atoms with van der Waals surface area (Å²) in [6, 6.07) is 0. The van der Waals surface area contributed by atoms with E-state index in [1.54, 1.807) is 38.5 Å². The van der Waals surface area contributed by atoms with Gasteiger partial charge < -0.3 is 0 Å². The molecule has 0 spiro atoms. The summed E-state index contributed by atoms with van der Waals surface area (Å²) in [6.07, 6.45) is 9.83. The van der Waals surface area contributed by atoms with Crippen LogP contribution in [-0.4, -0.2) is 0 Å². The third-order valence-electron chi connectivity index (χ3n) is 11.3. The lowest BCUT2D eigenvalue weighted by atomic mass is 9.49. The minimum absolute atomic E-state index is 1.09. The predicted octanol–water partition coefficient (Wildman–Crippen LogP) is 5.09. The SMILES string of the molecule is CC1C2CCC3C4C5CC6CCC6CC5C2C(C)C2C3C1C42. The van der Waals surface area contributed by atoms with E-state index in [0.29, 0.717) is 0 Å². The highest BCUT2D eigenvalue weighted by Crippen LogP contribution is 2.81. The average molecular weight is 296 g/mol. The van der Waals surface area contributed by atoms with Gasteiger partial charge in [-0.15, -0.1) is 0 Å². The van der Waals surface area contributed by atoms with Gasteiger partial charge in [0.05, 0.1) is 0 Å². The molecule has 14 atom stereocenters. The number of hydrogen-bond acceptors (Lipinski definition) is 0. The molecule has 8 bridgehead atoms. The van der Waals surface area contributed by atoms with Crippen LogP contribution in [0.2, 0.25) is 0 Å². The van der Waals surface area contributed by atoms with Crippen LogP contribution in [0.1, 0.15) is 52.4 Å². The van der Waals surface area contributed by atoms with Crippen molar-refractivity contribution in [1.29, 1.82) is 0 Å². The van der Waals surface area contributed by atoms with E-state index in [4.69, 9.17) is 0 Å². The van der Waals surface area contributed by atoms with Gasteiger partial charge in [-0.2, -0.15) is 0 Å². The molecule has 0 aromatic carbocycles. The number of rotatable bonds is 0. The fourth-order valence-corrected chi connectivity index (χ4v) is 10.9. The molecule has 8 aliphatic rings. The zero-order valence-corrected chi connectivity index (χ0v) is 14.3. The topological polar surface area (TPSA) is 0 Å². The first-order valence-corrected chi connectivity index (χ1v) is 10.8. The molecule has 8 aliphatic carbocycles. The fourth-order valence-electron chi connectivity index (χ4n) is 10.9. The maximum atomic E-state index is 2.73. The maximum absolute atomic E-state index is 2.73. The van der Waals surface area contributed by atoms with E-state index in [1.807, 2.05) is 0 Å². The van der Waals surface area contributed by atoms with E-state index in [-0.39, 0.29) is 0 Å². The quantitative estimate of drug-likeness (QED) is 0.584. The number of fused-ring (bicyclic) bond motifs is 6. The van der Waals surface area contributed by atoms with Crippen LogP contribution < -0.4 is 0 Å². The Morgan fingerprint density at radius 2 is 1.09 bits per heavy atom. The normalized spacial score (nSPS) is 75.5. The summed E-state index contributed by atoms with van der Waals surface area (Å²) in [5, 5.41) is 0. The summed E-state index contributed by atoms with van der Waals surface area (Å²) < 4.78 is 0. The van der Waals surface area contributed by atoms with E-state index in [1.165, 1.54) is 59.2 Å². The van der Waals surface area contributed by atoms with Gasteiger partial charge in [-0.05, 0) is 121 Å². The second kappa shape index (κ2) is 3.65. The Balaban J connectivity index is 1.44. The highest BCUT2D eigenvalue weighted by Gasteiger charge is 2.76. The minimum Gasteiger partial charge on any atom is -0.0619 e. The summed E-state index contributed by atoms with van der Waals surface area (Å²) in [5.74, 6) is 16.4. The van der Waals surface area contributed by atoms with Gasteiger partial charge in [0.2, 0.25) is 0 Å². The first kappa shape index (κ1) is 12.4. The van der Waals surface area contributed by atoms with Crippen molar-refractivity contribution in [2.24, 2.45) is 82.9 Å². The van der Waals surface area contributed by atoms with Gasteiger partial charge in [0.25, 0.3) is 0 Å². The molecule has 0 aromatic rings. The molecule has 0 heterocycles.